The van der Waals surface area contributed by atoms with Crippen LogP contribution >= 0.6 is 0 Å². The van der Waals surface area contributed by atoms with Gasteiger partial charge in [0.25, 0.3) is 0 Å². The Bertz CT molecular complexity index is 1000. The molecule has 0 aliphatic rings. The van der Waals surface area contributed by atoms with Crippen molar-refractivity contribution in [3.8, 4) is 5.88 Å². The summed E-state index contributed by atoms with van der Waals surface area (Å²) in [6.45, 7) is 1.21. The van der Waals surface area contributed by atoms with Crippen LogP contribution in [-0.4, -0.2) is 9.78 Å². The van der Waals surface area contributed by atoms with Crippen LogP contribution in [0.3, 0.4) is 0 Å². The second-order valence-electron chi connectivity index (χ2n) is 6.09. The molecule has 0 unspecified atom stereocenters. The number of nitrogens with zero attached hydrogens (tertiary/aromatic N) is 2. The highest BCUT2D eigenvalue weighted by atomic mass is 16.5. The van der Waals surface area contributed by atoms with Gasteiger partial charge in [-0.05, 0) is 23.3 Å². The van der Waals surface area contributed by atoms with E-state index in [4.69, 9.17) is 4.74 Å². The maximum atomic E-state index is 5.99. The minimum Gasteiger partial charge on any atom is -0.471 e. The van der Waals surface area contributed by atoms with Crippen LogP contribution in [0.1, 0.15) is 11.1 Å². The monoisotopic (exact) mass is 340 g/mol. The van der Waals surface area contributed by atoms with Gasteiger partial charge < -0.3 is 4.74 Å². The van der Waals surface area contributed by atoms with E-state index in [2.05, 4.69) is 53.6 Å². The van der Waals surface area contributed by atoms with Crippen molar-refractivity contribution in [2.75, 3.05) is 0 Å². The quantitative estimate of drug-likeness (QED) is 0.474. The molecule has 0 radical (unpaired) electrons. The molecular formula is C23H20N2O. The van der Waals surface area contributed by atoms with Crippen LogP contribution in [0.4, 0.5) is 0 Å². The third-order valence-corrected chi connectivity index (χ3v) is 4.23. The molecule has 3 nitrogen and oxygen atoms in total. The first-order valence-corrected chi connectivity index (χ1v) is 8.74. The standard InChI is InChI=1S/C23H20N2O/c1-3-10-19(11-4-1)14-9-17-25-22-16-8-7-15-21(22)23(24-25)26-18-20-12-5-2-6-13-20/h1-16H,17-18H2/b14-9+. The molecule has 0 amide bonds. The van der Waals surface area contributed by atoms with Crippen molar-refractivity contribution in [3.63, 3.8) is 0 Å². The summed E-state index contributed by atoms with van der Waals surface area (Å²) < 4.78 is 7.98. The molecule has 128 valence electrons. The summed E-state index contributed by atoms with van der Waals surface area (Å²) in [7, 11) is 0. The average Bonchev–Trinajstić information content (AvgIpc) is 3.06. The Hall–Kier alpha value is -3.33. The van der Waals surface area contributed by atoms with Crippen molar-refractivity contribution in [1.29, 1.82) is 0 Å². The van der Waals surface area contributed by atoms with E-state index >= 15 is 0 Å². The third-order valence-electron chi connectivity index (χ3n) is 4.23. The van der Waals surface area contributed by atoms with Gasteiger partial charge in [0.1, 0.15) is 6.61 Å². The third kappa shape index (κ3) is 3.67. The molecule has 1 heterocycles. The first-order chi connectivity index (χ1) is 12.9. The minimum absolute atomic E-state index is 0.516. The highest BCUT2D eigenvalue weighted by molar-refractivity contribution is 5.84. The van der Waals surface area contributed by atoms with Crippen molar-refractivity contribution in [2.24, 2.45) is 0 Å². The lowest BCUT2D eigenvalue weighted by molar-refractivity contribution is 0.293. The van der Waals surface area contributed by atoms with Crippen molar-refractivity contribution < 1.29 is 4.74 Å². The average molecular weight is 340 g/mol. The molecule has 26 heavy (non-hydrogen) atoms. The smallest absolute Gasteiger partial charge is 0.241 e. The summed E-state index contributed by atoms with van der Waals surface area (Å²) in [4.78, 5) is 0. The largest absolute Gasteiger partial charge is 0.471 e. The molecule has 4 rings (SSSR count). The van der Waals surface area contributed by atoms with Gasteiger partial charge in [0.2, 0.25) is 5.88 Å². The number of benzene rings is 3. The van der Waals surface area contributed by atoms with E-state index in [0.717, 1.165) is 16.5 Å². The predicted octanol–water partition coefficient (Wildman–Crippen LogP) is 5.33. The molecule has 0 bridgehead atoms. The van der Waals surface area contributed by atoms with Crippen LogP contribution in [0.2, 0.25) is 0 Å². The number of hydrogen-bond acceptors (Lipinski definition) is 2. The Morgan fingerprint density at radius 2 is 1.50 bits per heavy atom. The van der Waals surface area contributed by atoms with Crippen LogP contribution < -0.4 is 4.74 Å². The van der Waals surface area contributed by atoms with E-state index in [9.17, 15) is 0 Å². The van der Waals surface area contributed by atoms with E-state index in [0.29, 0.717) is 19.0 Å². The zero-order valence-corrected chi connectivity index (χ0v) is 14.5. The van der Waals surface area contributed by atoms with E-state index < -0.39 is 0 Å². The Morgan fingerprint density at radius 1 is 0.808 bits per heavy atom. The minimum atomic E-state index is 0.516. The number of hydrogen-bond donors (Lipinski definition) is 0. The summed E-state index contributed by atoms with van der Waals surface area (Å²) in [6, 6.07) is 28.6. The zero-order chi connectivity index (χ0) is 17.6. The molecule has 0 spiro atoms. The van der Waals surface area contributed by atoms with Gasteiger partial charge in [0, 0.05) is 0 Å². The van der Waals surface area contributed by atoms with Crippen molar-refractivity contribution in [3.05, 3.63) is 102 Å². The molecule has 3 heteroatoms. The fraction of sp³-hybridized carbons (Fsp3) is 0.0870. The molecule has 0 aliphatic carbocycles. The lowest BCUT2D eigenvalue weighted by atomic mass is 10.2. The van der Waals surface area contributed by atoms with E-state index in [1.54, 1.807) is 0 Å². The van der Waals surface area contributed by atoms with Gasteiger partial charge >= 0.3 is 0 Å². The van der Waals surface area contributed by atoms with Gasteiger partial charge in [-0.25, -0.2) is 0 Å². The molecule has 1 aromatic heterocycles. The summed E-state index contributed by atoms with van der Waals surface area (Å²) in [5, 5.41) is 5.72. The zero-order valence-electron chi connectivity index (χ0n) is 14.5. The highest BCUT2D eigenvalue weighted by Crippen LogP contribution is 2.25. The SMILES string of the molecule is C(=C\c1ccccc1)/Cn1nc(OCc2ccccc2)c2ccccc21. The normalized spacial score (nSPS) is 11.2. The highest BCUT2D eigenvalue weighted by Gasteiger charge is 2.10. The Morgan fingerprint density at radius 3 is 2.31 bits per heavy atom. The molecule has 0 saturated carbocycles. The summed E-state index contributed by atoms with van der Waals surface area (Å²) >= 11 is 0. The molecule has 4 aromatic rings. The molecule has 0 atom stereocenters. The van der Waals surface area contributed by atoms with Crippen LogP contribution in [0.15, 0.2) is 91.0 Å². The first kappa shape index (κ1) is 16.2. The number of allylic oxidation sites excluding steroid dienone is 1. The van der Waals surface area contributed by atoms with E-state index in [1.807, 2.05) is 53.2 Å². The summed E-state index contributed by atoms with van der Waals surface area (Å²) in [5.74, 6) is 0.678. The number of para-hydroxylation sites is 1. The van der Waals surface area contributed by atoms with Gasteiger partial charge in [-0.3, -0.25) is 4.68 Å². The van der Waals surface area contributed by atoms with E-state index in [1.165, 1.54) is 5.56 Å². The van der Waals surface area contributed by atoms with Gasteiger partial charge in [0.15, 0.2) is 0 Å². The second kappa shape index (κ2) is 7.70. The molecule has 0 aliphatic heterocycles. The number of fused-ring (bicyclic) bond motifs is 1. The second-order valence-corrected chi connectivity index (χ2v) is 6.09. The lowest BCUT2D eigenvalue weighted by Gasteiger charge is -2.03. The topological polar surface area (TPSA) is 27.1 Å². The summed E-state index contributed by atoms with van der Waals surface area (Å²) in [5.41, 5.74) is 3.40. The molecule has 0 N–H and O–H groups in total. The first-order valence-electron chi connectivity index (χ1n) is 8.74. The van der Waals surface area contributed by atoms with Crippen LogP contribution in [0.25, 0.3) is 17.0 Å². The Kier molecular flexibility index (Phi) is 4.79. The molecule has 3 aromatic carbocycles. The molecule has 0 saturated heterocycles. The Labute approximate surface area is 153 Å². The number of rotatable bonds is 6. The van der Waals surface area contributed by atoms with Crippen molar-refractivity contribution >= 4 is 17.0 Å². The maximum absolute atomic E-state index is 5.99. The van der Waals surface area contributed by atoms with Crippen molar-refractivity contribution in [2.45, 2.75) is 13.2 Å². The fourth-order valence-corrected chi connectivity index (χ4v) is 2.92. The van der Waals surface area contributed by atoms with Gasteiger partial charge in [0.05, 0.1) is 17.4 Å². The Balaban J connectivity index is 1.54. The predicted molar refractivity (Wildman–Crippen MR) is 106 cm³/mol. The van der Waals surface area contributed by atoms with Gasteiger partial charge in [-0.2, -0.15) is 0 Å². The van der Waals surface area contributed by atoms with Gasteiger partial charge in [-0.15, -0.1) is 5.10 Å². The van der Waals surface area contributed by atoms with Crippen molar-refractivity contribution in [1.82, 2.24) is 9.78 Å². The molecular weight excluding hydrogens is 320 g/mol. The fourth-order valence-electron chi connectivity index (χ4n) is 2.92. The van der Waals surface area contributed by atoms with Gasteiger partial charge in [-0.1, -0.05) is 84.9 Å². The number of ether oxygens (including phenoxy) is 1. The molecule has 0 fully saturated rings. The number of aromatic nitrogens is 2. The van der Waals surface area contributed by atoms with Crippen LogP contribution in [0.5, 0.6) is 5.88 Å². The summed E-state index contributed by atoms with van der Waals surface area (Å²) in [6.07, 6.45) is 4.23. The van der Waals surface area contributed by atoms with E-state index in [-0.39, 0.29) is 0 Å². The van der Waals surface area contributed by atoms with Crippen LogP contribution in [-0.2, 0) is 13.2 Å². The van der Waals surface area contributed by atoms with Crippen LogP contribution in [0, 0.1) is 0 Å². The lowest BCUT2D eigenvalue weighted by Crippen LogP contribution is -1.99. The maximum Gasteiger partial charge on any atom is 0.241 e.